The highest BCUT2D eigenvalue weighted by Gasteiger charge is 2.01. The minimum absolute atomic E-state index is 0.127. The van der Waals surface area contributed by atoms with Crippen LogP contribution in [-0.4, -0.2) is 24.4 Å². The summed E-state index contributed by atoms with van der Waals surface area (Å²) in [7, 11) is 0. The lowest BCUT2D eigenvalue weighted by Crippen LogP contribution is -2.07. The third-order valence-electron chi connectivity index (χ3n) is 3.31. The highest BCUT2D eigenvalue weighted by molar-refractivity contribution is 5.66. The third kappa shape index (κ3) is 6.00. The van der Waals surface area contributed by atoms with E-state index in [4.69, 9.17) is 20.3 Å². The van der Waals surface area contributed by atoms with Gasteiger partial charge in [0.25, 0.3) is 0 Å². The van der Waals surface area contributed by atoms with E-state index in [0.717, 1.165) is 17.9 Å². The Labute approximate surface area is 135 Å². The molecule has 0 unspecified atom stereocenters. The van der Waals surface area contributed by atoms with Crippen molar-refractivity contribution in [1.29, 1.82) is 0 Å². The van der Waals surface area contributed by atoms with Crippen LogP contribution in [0.4, 0.5) is 0 Å². The Morgan fingerprint density at radius 3 is 1.91 bits per heavy atom. The standard InChI is InChI=1S/C18H21NO4/c19-13-23-17-9-5-15(6-10-17)12-14-3-7-16(8-4-14)22-11-1-2-18(20)21/h3-10H,1-2,11-13,19H2,(H,20,21). The maximum atomic E-state index is 10.4. The second-order valence-corrected chi connectivity index (χ2v) is 5.12. The molecule has 5 heteroatoms. The molecule has 2 rings (SSSR count). The van der Waals surface area contributed by atoms with Crippen LogP contribution in [0.1, 0.15) is 24.0 Å². The van der Waals surface area contributed by atoms with Crippen LogP contribution >= 0.6 is 0 Å². The second-order valence-electron chi connectivity index (χ2n) is 5.12. The number of benzene rings is 2. The molecule has 122 valence electrons. The van der Waals surface area contributed by atoms with E-state index in [0.29, 0.717) is 13.0 Å². The largest absolute Gasteiger partial charge is 0.494 e. The fraction of sp³-hybridized carbons (Fsp3) is 0.278. The Morgan fingerprint density at radius 1 is 0.913 bits per heavy atom. The summed E-state index contributed by atoms with van der Waals surface area (Å²) in [6, 6.07) is 15.7. The van der Waals surface area contributed by atoms with E-state index >= 15 is 0 Å². The quantitative estimate of drug-likeness (QED) is 0.549. The van der Waals surface area contributed by atoms with Gasteiger partial charge in [-0.3, -0.25) is 10.5 Å². The number of carboxylic acids is 1. The molecule has 0 bridgehead atoms. The van der Waals surface area contributed by atoms with E-state index in [-0.39, 0.29) is 13.2 Å². The van der Waals surface area contributed by atoms with Gasteiger partial charge in [0.1, 0.15) is 18.2 Å². The molecule has 3 N–H and O–H groups in total. The van der Waals surface area contributed by atoms with Crippen LogP contribution in [0.15, 0.2) is 48.5 Å². The molecule has 0 radical (unpaired) electrons. The van der Waals surface area contributed by atoms with Gasteiger partial charge in [-0.25, -0.2) is 0 Å². The summed E-state index contributed by atoms with van der Waals surface area (Å²) in [5.74, 6) is 0.721. The predicted molar refractivity (Wildman–Crippen MR) is 87.7 cm³/mol. The summed E-state index contributed by atoms with van der Waals surface area (Å²) in [5, 5.41) is 8.56. The van der Waals surface area contributed by atoms with E-state index in [2.05, 4.69) is 0 Å². The number of carboxylic acid groups (broad SMARTS) is 1. The Morgan fingerprint density at radius 2 is 1.43 bits per heavy atom. The third-order valence-corrected chi connectivity index (χ3v) is 3.31. The van der Waals surface area contributed by atoms with E-state index in [1.807, 2.05) is 48.5 Å². The smallest absolute Gasteiger partial charge is 0.303 e. The minimum atomic E-state index is -0.799. The maximum Gasteiger partial charge on any atom is 0.303 e. The molecule has 2 aromatic rings. The molecule has 0 saturated heterocycles. The molecule has 0 aromatic heterocycles. The molecular formula is C18H21NO4. The molecule has 0 aliphatic heterocycles. The van der Waals surface area contributed by atoms with Crippen molar-refractivity contribution in [3.63, 3.8) is 0 Å². The Hall–Kier alpha value is -2.53. The van der Waals surface area contributed by atoms with Crippen LogP contribution < -0.4 is 15.2 Å². The molecule has 23 heavy (non-hydrogen) atoms. The van der Waals surface area contributed by atoms with Crippen molar-refractivity contribution in [3.05, 3.63) is 59.7 Å². The number of carbonyl (C=O) groups is 1. The predicted octanol–water partition coefficient (Wildman–Crippen LogP) is 2.82. The zero-order valence-electron chi connectivity index (χ0n) is 12.9. The normalized spacial score (nSPS) is 10.3. The summed E-state index contributed by atoms with van der Waals surface area (Å²) in [5.41, 5.74) is 7.69. The molecule has 0 heterocycles. The second kappa shape index (κ2) is 8.80. The van der Waals surface area contributed by atoms with Crippen LogP contribution in [-0.2, 0) is 11.2 Å². The first-order chi connectivity index (χ1) is 11.2. The van der Waals surface area contributed by atoms with E-state index in [9.17, 15) is 4.79 Å². The lowest BCUT2D eigenvalue weighted by atomic mass is 10.0. The molecule has 0 amide bonds. The van der Waals surface area contributed by atoms with Crippen molar-refractivity contribution < 1.29 is 19.4 Å². The lowest BCUT2D eigenvalue weighted by Gasteiger charge is -2.08. The Bertz CT molecular complexity index is 608. The molecule has 0 aliphatic carbocycles. The van der Waals surface area contributed by atoms with Gasteiger partial charge < -0.3 is 14.6 Å². The van der Waals surface area contributed by atoms with E-state index in [1.54, 1.807) is 0 Å². The first-order valence-electron chi connectivity index (χ1n) is 7.52. The monoisotopic (exact) mass is 315 g/mol. The van der Waals surface area contributed by atoms with Crippen molar-refractivity contribution in [2.45, 2.75) is 19.3 Å². The fourth-order valence-corrected chi connectivity index (χ4v) is 2.15. The van der Waals surface area contributed by atoms with Crippen LogP contribution in [0.5, 0.6) is 11.5 Å². The van der Waals surface area contributed by atoms with Gasteiger partial charge in [-0.2, -0.15) is 0 Å². The van der Waals surface area contributed by atoms with Crippen molar-refractivity contribution in [2.75, 3.05) is 13.3 Å². The van der Waals surface area contributed by atoms with Crippen LogP contribution in [0.2, 0.25) is 0 Å². The highest BCUT2D eigenvalue weighted by Crippen LogP contribution is 2.18. The summed E-state index contributed by atoms with van der Waals surface area (Å²) in [4.78, 5) is 10.4. The average Bonchev–Trinajstić information content (AvgIpc) is 2.55. The van der Waals surface area contributed by atoms with Crippen LogP contribution in [0.3, 0.4) is 0 Å². The number of aliphatic carboxylic acids is 1. The SMILES string of the molecule is NCOc1ccc(Cc2ccc(OCCCC(=O)O)cc2)cc1. The molecule has 0 aliphatic rings. The van der Waals surface area contributed by atoms with Gasteiger partial charge in [-0.15, -0.1) is 0 Å². The first-order valence-corrected chi connectivity index (χ1v) is 7.52. The molecule has 2 aromatic carbocycles. The van der Waals surface area contributed by atoms with Gasteiger partial charge in [0.2, 0.25) is 0 Å². The van der Waals surface area contributed by atoms with Crippen molar-refractivity contribution in [2.24, 2.45) is 5.73 Å². The zero-order valence-corrected chi connectivity index (χ0v) is 12.9. The van der Waals surface area contributed by atoms with Crippen molar-refractivity contribution in [3.8, 4) is 11.5 Å². The summed E-state index contributed by atoms with van der Waals surface area (Å²) >= 11 is 0. The zero-order chi connectivity index (χ0) is 16.5. The van der Waals surface area contributed by atoms with Crippen molar-refractivity contribution in [1.82, 2.24) is 0 Å². The van der Waals surface area contributed by atoms with Gasteiger partial charge in [0.05, 0.1) is 6.61 Å². The number of hydrogen-bond acceptors (Lipinski definition) is 4. The molecule has 0 spiro atoms. The summed E-state index contributed by atoms with van der Waals surface area (Å²) in [6.45, 7) is 0.585. The molecule has 5 nitrogen and oxygen atoms in total. The number of rotatable bonds is 9. The van der Waals surface area contributed by atoms with Gasteiger partial charge in [0, 0.05) is 6.42 Å². The van der Waals surface area contributed by atoms with E-state index < -0.39 is 5.97 Å². The molecule has 0 fully saturated rings. The number of nitrogens with two attached hydrogens (primary N) is 1. The van der Waals surface area contributed by atoms with E-state index in [1.165, 1.54) is 11.1 Å². The topological polar surface area (TPSA) is 81.8 Å². The summed E-state index contributed by atoms with van der Waals surface area (Å²) in [6.07, 6.45) is 1.46. The average molecular weight is 315 g/mol. The Balaban J connectivity index is 1.83. The fourth-order valence-electron chi connectivity index (χ4n) is 2.15. The van der Waals surface area contributed by atoms with Gasteiger partial charge in [-0.05, 0) is 48.2 Å². The van der Waals surface area contributed by atoms with Gasteiger partial charge in [0.15, 0.2) is 0 Å². The summed E-state index contributed by atoms with van der Waals surface area (Å²) < 4.78 is 10.7. The number of hydrogen-bond donors (Lipinski definition) is 2. The minimum Gasteiger partial charge on any atom is -0.494 e. The van der Waals surface area contributed by atoms with Gasteiger partial charge in [-0.1, -0.05) is 24.3 Å². The number of ether oxygens (including phenoxy) is 2. The van der Waals surface area contributed by atoms with Crippen LogP contribution in [0.25, 0.3) is 0 Å². The molecule has 0 saturated carbocycles. The lowest BCUT2D eigenvalue weighted by molar-refractivity contribution is -0.137. The Kier molecular flexibility index (Phi) is 6.44. The molecule has 0 atom stereocenters. The molecular weight excluding hydrogens is 294 g/mol. The van der Waals surface area contributed by atoms with Crippen molar-refractivity contribution >= 4 is 5.97 Å². The van der Waals surface area contributed by atoms with Gasteiger partial charge >= 0.3 is 5.97 Å². The highest BCUT2D eigenvalue weighted by atomic mass is 16.5. The first kappa shape index (κ1) is 16.8. The maximum absolute atomic E-state index is 10.4. The van der Waals surface area contributed by atoms with Crippen LogP contribution in [0, 0.1) is 0 Å².